The minimum absolute atomic E-state index is 0.325. The van der Waals surface area contributed by atoms with E-state index in [9.17, 15) is 0 Å². The van der Waals surface area contributed by atoms with Crippen molar-refractivity contribution in [3.8, 4) is 5.75 Å². The van der Waals surface area contributed by atoms with Crippen LogP contribution in [0.5, 0.6) is 5.75 Å². The molecule has 0 radical (unpaired) electrons. The van der Waals surface area contributed by atoms with E-state index in [0.29, 0.717) is 18.7 Å². The maximum atomic E-state index is 6.52. The molecule has 2 aliphatic rings. The van der Waals surface area contributed by atoms with E-state index in [2.05, 4.69) is 41.1 Å². The summed E-state index contributed by atoms with van der Waals surface area (Å²) in [5.74, 6) is 1.05. The third kappa shape index (κ3) is 4.25. The Morgan fingerprint density at radius 3 is 2.61 bits per heavy atom. The van der Waals surface area contributed by atoms with Crippen LogP contribution in [0.2, 0.25) is 0 Å². The van der Waals surface area contributed by atoms with Gasteiger partial charge in [-0.25, -0.2) is 0 Å². The summed E-state index contributed by atoms with van der Waals surface area (Å²) >= 11 is 0. The molecule has 2 unspecified atom stereocenters. The van der Waals surface area contributed by atoms with E-state index in [0.717, 1.165) is 12.2 Å². The molecular formula is C19H31N3O. The molecule has 1 heterocycles. The lowest BCUT2D eigenvalue weighted by Crippen LogP contribution is -2.54. The Kier molecular flexibility index (Phi) is 5.92. The van der Waals surface area contributed by atoms with Crippen molar-refractivity contribution < 1.29 is 4.74 Å². The van der Waals surface area contributed by atoms with Gasteiger partial charge in [0.2, 0.25) is 0 Å². The fraction of sp³-hybridized carbons (Fsp3) is 0.684. The quantitative estimate of drug-likeness (QED) is 0.903. The zero-order chi connectivity index (χ0) is 16.1. The van der Waals surface area contributed by atoms with Crippen molar-refractivity contribution >= 4 is 0 Å². The number of ether oxygens (including phenoxy) is 1. The van der Waals surface area contributed by atoms with E-state index in [-0.39, 0.29) is 0 Å². The van der Waals surface area contributed by atoms with Gasteiger partial charge in [-0.2, -0.15) is 0 Å². The van der Waals surface area contributed by atoms with E-state index in [4.69, 9.17) is 10.5 Å². The van der Waals surface area contributed by atoms with Crippen LogP contribution >= 0.6 is 0 Å². The van der Waals surface area contributed by atoms with Crippen molar-refractivity contribution in [1.29, 1.82) is 0 Å². The van der Waals surface area contributed by atoms with Crippen molar-refractivity contribution in [2.75, 3.05) is 39.8 Å². The van der Waals surface area contributed by atoms with Crippen molar-refractivity contribution in [1.82, 2.24) is 9.80 Å². The number of hydrogen-bond acceptors (Lipinski definition) is 4. The van der Waals surface area contributed by atoms with Gasteiger partial charge in [0.1, 0.15) is 11.9 Å². The highest BCUT2D eigenvalue weighted by Crippen LogP contribution is 2.29. The molecule has 0 amide bonds. The molecule has 1 aromatic rings. The number of nitrogens with two attached hydrogens (primary N) is 1. The standard InChI is InChI=1S/C19H31N3O/c1-21-12-14-22(15-13-21)17-7-3-5-9-19(17)23-18-8-4-2-6-16(18)10-11-20/h2,4,6,8,17,19H,3,5,7,9-15,20H2,1H3. The maximum absolute atomic E-state index is 6.52. The summed E-state index contributed by atoms with van der Waals surface area (Å²) in [5, 5.41) is 0. The summed E-state index contributed by atoms with van der Waals surface area (Å²) in [6, 6.07) is 8.99. The summed E-state index contributed by atoms with van der Waals surface area (Å²) in [5.41, 5.74) is 7.00. The first-order valence-corrected chi connectivity index (χ1v) is 9.15. The number of rotatable bonds is 5. The number of likely N-dealkylation sites (N-methyl/N-ethyl adjacent to an activating group) is 1. The van der Waals surface area contributed by atoms with Crippen LogP contribution in [0.3, 0.4) is 0 Å². The smallest absolute Gasteiger partial charge is 0.123 e. The van der Waals surface area contributed by atoms with E-state index >= 15 is 0 Å². The Morgan fingerprint density at radius 1 is 1.09 bits per heavy atom. The van der Waals surface area contributed by atoms with Crippen LogP contribution in [0.4, 0.5) is 0 Å². The highest BCUT2D eigenvalue weighted by molar-refractivity contribution is 5.34. The maximum Gasteiger partial charge on any atom is 0.123 e. The van der Waals surface area contributed by atoms with Gasteiger partial charge >= 0.3 is 0 Å². The highest BCUT2D eigenvalue weighted by Gasteiger charge is 2.33. The zero-order valence-corrected chi connectivity index (χ0v) is 14.4. The highest BCUT2D eigenvalue weighted by atomic mass is 16.5. The number of para-hydroxylation sites is 1. The fourth-order valence-electron chi connectivity index (χ4n) is 3.93. The summed E-state index contributed by atoms with van der Waals surface area (Å²) in [4.78, 5) is 5.08. The third-order valence-electron chi connectivity index (χ3n) is 5.34. The van der Waals surface area contributed by atoms with Crippen molar-refractivity contribution in [3.05, 3.63) is 29.8 Å². The van der Waals surface area contributed by atoms with Crippen LogP contribution in [0.1, 0.15) is 31.2 Å². The molecule has 2 atom stereocenters. The second-order valence-corrected chi connectivity index (χ2v) is 6.99. The van der Waals surface area contributed by atoms with Gasteiger partial charge in [-0.15, -0.1) is 0 Å². The van der Waals surface area contributed by atoms with Crippen LogP contribution in [-0.2, 0) is 6.42 Å². The van der Waals surface area contributed by atoms with Crippen LogP contribution < -0.4 is 10.5 Å². The van der Waals surface area contributed by atoms with Gasteiger partial charge in [-0.05, 0) is 50.9 Å². The largest absolute Gasteiger partial charge is 0.489 e. The average Bonchev–Trinajstić information content (AvgIpc) is 2.58. The molecule has 23 heavy (non-hydrogen) atoms. The topological polar surface area (TPSA) is 41.7 Å². The van der Waals surface area contributed by atoms with E-state index in [1.165, 1.54) is 57.4 Å². The number of piperazine rings is 1. The minimum Gasteiger partial charge on any atom is -0.489 e. The molecule has 4 nitrogen and oxygen atoms in total. The Balaban J connectivity index is 1.69. The SMILES string of the molecule is CN1CCN(C2CCCCC2Oc2ccccc2CCN)CC1. The zero-order valence-electron chi connectivity index (χ0n) is 14.4. The molecule has 1 aliphatic heterocycles. The summed E-state index contributed by atoms with van der Waals surface area (Å²) in [7, 11) is 2.22. The van der Waals surface area contributed by atoms with E-state index < -0.39 is 0 Å². The van der Waals surface area contributed by atoms with Crippen molar-refractivity contribution in [2.24, 2.45) is 5.73 Å². The lowest BCUT2D eigenvalue weighted by Gasteiger charge is -2.43. The van der Waals surface area contributed by atoms with Gasteiger partial charge in [0.05, 0.1) is 0 Å². The lowest BCUT2D eigenvalue weighted by molar-refractivity contribution is 0.0126. The molecule has 2 fully saturated rings. The molecule has 1 aliphatic carbocycles. The second kappa shape index (κ2) is 8.13. The monoisotopic (exact) mass is 317 g/mol. The Hall–Kier alpha value is -1.10. The van der Waals surface area contributed by atoms with Crippen LogP contribution in [0.25, 0.3) is 0 Å². The number of hydrogen-bond donors (Lipinski definition) is 1. The Morgan fingerprint density at radius 2 is 1.83 bits per heavy atom. The van der Waals surface area contributed by atoms with Crippen LogP contribution in [0, 0.1) is 0 Å². The number of nitrogens with zero attached hydrogens (tertiary/aromatic N) is 2. The Labute approximate surface area is 140 Å². The van der Waals surface area contributed by atoms with Gasteiger partial charge in [0.25, 0.3) is 0 Å². The van der Waals surface area contributed by atoms with Crippen molar-refractivity contribution in [3.63, 3.8) is 0 Å². The summed E-state index contributed by atoms with van der Waals surface area (Å²) in [6.07, 6.45) is 6.28. The lowest BCUT2D eigenvalue weighted by atomic mass is 9.90. The predicted molar refractivity (Wildman–Crippen MR) is 94.9 cm³/mol. The van der Waals surface area contributed by atoms with Crippen LogP contribution in [-0.4, -0.2) is 61.7 Å². The molecule has 1 aromatic carbocycles. The van der Waals surface area contributed by atoms with Gasteiger partial charge in [0, 0.05) is 32.2 Å². The molecule has 1 saturated heterocycles. The Bertz CT molecular complexity index is 485. The molecule has 3 rings (SSSR count). The van der Waals surface area contributed by atoms with Gasteiger partial charge < -0.3 is 15.4 Å². The molecule has 0 spiro atoms. The molecule has 2 N–H and O–H groups in total. The first kappa shape index (κ1) is 16.7. The van der Waals surface area contributed by atoms with E-state index in [1.807, 2.05) is 0 Å². The molecule has 0 bridgehead atoms. The predicted octanol–water partition coefficient (Wildman–Crippen LogP) is 2.13. The number of benzene rings is 1. The third-order valence-corrected chi connectivity index (χ3v) is 5.34. The van der Waals surface area contributed by atoms with Gasteiger partial charge in [-0.3, -0.25) is 4.90 Å². The summed E-state index contributed by atoms with van der Waals surface area (Å²) < 4.78 is 6.52. The molecule has 128 valence electrons. The molecule has 4 heteroatoms. The minimum atomic E-state index is 0.325. The molecular weight excluding hydrogens is 286 g/mol. The fourth-order valence-corrected chi connectivity index (χ4v) is 3.93. The first-order valence-electron chi connectivity index (χ1n) is 9.15. The molecule has 1 saturated carbocycles. The van der Waals surface area contributed by atoms with E-state index in [1.54, 1.807) is 0 Å². The average molecular weight is 317 g/mol. The van der Waals surface area contributed by atoms with Gasteiger partial charge in [0.15, 0.2) is 0 Å². The second-order valence-electron chi connectivity index (χ2n) is 6.99. The molecule has 0 aromatic heterocycles. The normalized spacial score (nSPS) is 27.0. The first-order chi connectivity index (χ1) is 11.3. The van der Waals surface area contributed by atoms with Crippen molar-refractivity contribution in [2.45, 2.75) is 44.2 Å². The summed E-state index contributed by atoms with van der Waals surface area (Å²) in [6.45, 7) is 5.36. The van der Waals surface area contributed by atoms with Crippen LogP contribution in [0.15, 0.2) is 24.3 Å². The van der Waals surface area contributed by atoms with Gasteiger partial charge in [-0.1, -0.05) is 24.6 Å².